The normalized spacial score (nSPS) is 10.8. The van der Waals surface area contributed by atoms with Crippen LogP contribution in [0.5, 0.6) is 0 Å². The van der Waals surface area contributed by atoms with Crippen molar-refractivity contribution < 1.29 is 9.72 Å². The number of nitro groups is 1. The Kier molecular flexibility index (Phi) is 3.77. The number of carbonyl (C=O) groups is 1. The molecule has 0 unspecified atom stereocenters. The van der Waals surface area contributed by atoms with E-state index in [4.69, 9.17) is 0 Å². The van der Waals surface area contributed by atoms with Crippen LogP contribution in [0, 0.1) is 10.1 Å². The average molecular weight is 359 g/mol. The van der Waals surface area contributed by atoms with E-state index < -0.39 is 4.92 Å². The highest BCUT2D eigenvalue weighted by Crippen LogP contribution is 2.27. The lowest BCUT2D eigenvalue weighted by atomic mass is 10.1. The second-order valence-corrected chi connectivity index (χ2v) is 5.79. The first kappa shape index (κ1) is 14.5. The van der Waals surface area contributed by atoms with Gasteiger partial charge in [-0.1, -0.05) is 34.1 Å². The first-order valence-electron chi connectivity index (χ1n) is 6.56. The maximum absolute atomic E-state index is 11.2. The number of para-hydroxylation sites is 1. The molecule has 1 heterocycles. The minimum absolute atomic E-state index is 0.0779. The number of hydrogen-bond acceptors (Lipinski definition) is 3. The van der Waals surface area contributed by atoms with Gasteiger partial charge in [0.25, 0.3) is 5.69 Å². The molecule has 0 aliphatic heterocycles. The van der Waals surface area contributed by atoms with Gasteiger partial charge in [0.15, 0.2) is 6.29 Å². The molecule has 0 spiro atoms. The monoisotopic (exact) mass is 358 g/mol. The molecule has 0 amide bonds. The van der Waals surface area contributed by atoms with Crippen LogP contribution in [0.25, 0.3) is 10.9 Å². The molecule has 110 valence electrons. The summed E-state index contributed by atoms with van der Waals surface area (Å²) in [5.41, 5.74) is 2.11. The zero-order valence-electron chi connectivity index (χ0n) is 11.4. The van der Waals surface area contributed by atoms with Gasteiger partial charge in [0, 0.05) is 38.8 Å². The highest BCUT2D eigenvalue weighted by atomic mass is 79.9. The maximum atomic E-state index is 11.2. The average Bonchev–Trinajstić information content (AvgIpc) is 2.84. The summed E-state index contributed by atoms with van der Waals surface area (Å²) in [5.74, 6) is 0. The van der Waals surface area contributed by atoms with E-state index in [1.54, 1.807) is 24.4 Å². The molecule has 1 aromatic heterocycles. The lowest BCUT2D eigenvalue weighted by molar-refractivity contribution is -0.385. The van der Waals surface area contributed by atoms with Crippen molar-refractivity contribution in [1.29, 1.82) is 0 Å². The summed E-state index contributed by atoms with van der Waals surface area (Å²) < 4.78 is 2.74. The van der Waals surface area contributed by atoms with Gasteiger partial charge in [0.05, 0.1) is 11.5 Å². The summed E-state index contributed by atoms with van der Waals surface area (Å²) in [6.45, 7) is 0.336. The molecule has 0 bridgehead atoms. The number of benzene rings is 2. The minimum atomic E-state index is -0.391. The van der Waals surface area contributed by atoms with Crippen molar-refractivity contribution >= 4 is 38.8 Å². The molecule has 5 nitrogen and oxygen atoms in total. The van der Waals surface area contributed by atoms with Crippen molar-refractivity contribution in [2.24, 2.45) is 0 Å². The summed E-state index contributed by atoms with van der Waals surface area (Å²) in [4.78, 5) is 22.0. The van der Waals surface area contributed by atoms with Crippen LogP contribution in [0.15, 0.2) is 53.1 Å². The third-order valence-electron chi connectivity index (χ3n) is 3.53. The molecule has 0 aliphatic carbocycles. The van der Waals surface area contributed by atoms with Gasteiger partial charge in [0.1, 0.15) is 0 Å². The minimum Gasteiger partial charge on any atom is -0.342 e. The predicted molar refractivity (Wildman–Crippen MR) is 87.2 cm³/mol. The molecule has 6 heteroatoms. The van der Waals surface area contributed by atoms with Crippen LogP contribution in [-0.4, -0.2) is 15.8 Å². The molecule has 0 saturated heterocycles. The van der Waals surface area contributed by atoms with Gasteiger partial charge in [-0.05, 0) is 18.2 Å². The Labute approximate surface area is 134 Å². The molecule has 0 aliphatic rings. The van der Waals surface area contributed by atoms with Crippen molar-refractivity contribution in [3.05, 3.63) is 74.4 Å². The van der Waals surface area contributed by atoms with Crippen molar-refractivity contribution in [3.63, 3.8) is 0 Å². The van der Waals surface area contributed by atoms with Crippen LogP contribution in [0.4, 0.5) is 5.69 Å². The fourth-order valence-corrected chi connectivity index (χ4v) is 2.89. The van der Waals surface area contributed by atoms with Crippen LogP contribution in [0.2, 0.25) is 0 Å². The zero-order chi connectivity index (χ0) is 15.7. The number of nitrogens with zero attached hydrogens (tertiary/aromatic N) is 2. The Morgan fingerprint density at radius 3 is 2.73 bits per heavy atom. The Hall–Kier alpha value is -2.47. The number of fused-ring (bicyclic) bond motifs is 1. The second kappa shape index (κ2) is 5.73. The molecule has 0 radical (unpaired) electrons. The van der Waals surface area contributed by atoms with E-state index in [9.17, 15) is 14.9 Å². The second-order valence-electron chi connectivity index (χ2n) is 4.88. The van der Waals surface area contributed by atoms with Crippen molar-refractivity contribution in [2.75, 3.05) is 0 Å². The molecule has 0 saturated carbocycles. The van der Waals surface area contributed by atoms with Gasteiger partial charge in [-0.3, -0.25) is 14.9 Å². The van der Waals surface area contributed by atoms with Crippen LogP contribution in [-0.2, 0) is 6.54 Å². The zero-order valence-corrected chi connectivity index (χ0v) is 13.0. The summed E-state index contributed by atoms with van der Waals surface area (Å²) in [5, 5.41) is 11.9. The van der Waals surface area contributed by atoms with Crippen molar-refractivity contribution in [2.45, 2.75) is 6.54 Å². The Morgan fingerprint density at radius 2 is 2.00 bits per heavy atom. The molecular formula is C16H11BrN2O3. The molecule has 22 heavy (non-hydrogen) atoms. The van der Waals surface area contributed by atoms with Gasteiger partial charge in [-0.15, -0.1) is 0 Å². The summed E-state index contributed by atoms with van der Waals surface area (Å²) in [7, 11) is 0. The fourth-order valence-electron chi connectivity index (χ4n) is 2.53. The molecule has 3 rings (SSSR count). The third kappa shape index (κ3) is 2.53. The number of aromatic nitrogens is 1. The van der Waals surface area contributed by atoms with Crippen LogP contribution >= 0.6 is 15.9 Å². The van der Waals surface area contributed by atoms with E-state index in [1.165, 1.54) is 6.07 Å². The fraction of sp³-hybridized carbons (Fsp3) is 0.0625. The topological polar surface area (TPSA) is 65.1 Å². The van der Waals surface area contributed by atoms with Crippen LogP contribution in [0.3, 0.4) is 0 Å². The first-order chi connectivity index (χ1) is 10.6. The predicted octanol–water partition coefficient (Wildman–Crippen LogP) is 4.17. The molecule has 0 atom stereocenters. The molecule has 2 aromatic carbocycles. The van der Waals surface area contributed by atoms with E-state index in [0.717, 1.165) is 21.7 Å². The summed E-state index contributed by atoms with van der Waals surface area (Å²) in [6, 6.07) is 12.3. The van der Waals surface area contributed by atoms with Gasteiger partial charge in [-0.25, -0.2) is 0 Å². The van der Waals surface area contributed by atoms with E-state index >= 15 is 0 Å². The number of hydrogen-bond donors (Lipinski definition) is 0. The van der Waals surface area contributed by atoms with Crippen molar-refractivity contribution in [3.8, 4) is 0 Å². The lowest BCUT2D eigenvalue weighted by Crippen LogP contribution is -2.02. The van der Waals surface area contributed by atoms with E-state index in [1.807, 2.05) is 22.8 Å². The van der Waals surface area contributed by atoms with Gasteiger partial charge >= 0.3 is 0 Å². The van der Waals surface area contributed by atoms with Gasteiger partial charge < -0.3 is 4.57 Å². The molecule has 0 N–H and O–H groups in total. The van der Waals surface area contributed by atoms with Crippen LogP contribution in [0.1, 0.15) is 15.9 Å². The van der Waals surface area contributed by atoms with E-state index in [2.05, 4.69) is 15.9 Å². The van der Waals surface area contributed by atoms with Crippen molar-refractivity contribution in [1.82, 2.24) is 4.57 Å². The number of nitro benzene ring substituents is 1. The standard InChI is InChI=1S/C16H11BrN2O3/c17-13-5-6-16-14(7-13)12(10-20)9-18(16)8-11-3-1-2-4-15(11)19(21)22/h1-7,9-10H,8H2. The highest BCUT2D eigenvalue weighted by molar-refractivity contribution is 9.10. The lowest BCUT2D eigenvalue weighted by Gasteiger charge is -2.06. The first-order valence-corrected chi connectivity index (χ1v) is 7.35. The number of carbonyl (C=O) groups excluding carboxylic acids is 1. The van der Waals surface area contributed by atoms with E-state index in [-0.39, 0.29) is 5.69 Å². The highest BCUT2D eigenvalue weighted by Gasteiger charge is 2.15. The third-order valence-corrected chi connectivity index (χ3v) is 4.02. The Morgan fingerprint density at radius 1 is 1.23 bits per heavy atom. The SMILES string of the molecule is O=Cc1cn(Cc2ccccc2[N+](=O)[O-])c2ccc(Br)cc12. The van der Waals surface area contributed by atoms with Crippen LogP contribution < -0.4 is 0 Å². The quantitative estimate of drug-likeness (QED) is 0.399. The number of halogens is 1. The molecular weight excluding hydrogens is 348 g/mol. The largest absolute Gasteiger partial charge is 0.342 e. The number of rotatable bonds is 4. The molecule has 3 aromatic rings. The Bertz CT molecular complexity index is 886. The van der Waals surface area contributed by atoms with E-state index in [0.29, 0.717) is 17.7 Å². The maximum Gasteiger partial charge on any atom is 0.274 e. The van der Waals surface area contributed by atoms with Gasteiger partial charge in [0.2, 0.25) is 0 Å². The number of aldehydes is 1. The molecule has 0 fully saturated rings. The summed E-state index contributed by atoms with van der Waals surface area (Å²) >= 11 is 3.39. The Balaban J connectivity index is 2.12. The van der Waals surface area contributed by atoms with Gasteiger partial charge in [-0.2, -0.15) is 0 Å². The summed E-state index contributed by atoms with van der Waals surface area (Å²) in [6.07, 6.45) is 2.52. The smallest absolute Gasteiger partial charge is 0.274 e.